The van der Waals surface area contributed by atoms with E-state index in [4.69, 9.17) is 11.6 Å². The normalized spacial score (nSPS) is 16.2. The molecule has 194 valence electrons. The van der Waals surface area contributed by atoms with Crippen LogP contribution in [0.3, 0.4) is 0 Å². The first-order chi connectivity index (χ1) is 17.7. The Kier molecular flexibility index (Phi) is 8.58. The van der Waals surface area contributed by atoms with Crippen LogP contribution in [0.15, 0.2) is 77.7 Å². The average Bonchev–Trinajstić information content (AvgIpc) is 3.11. The molecule has 0 aromatic heterocycles. The third-order valence-corrected chi connectivity index (χ3v) is 8.32. The number of hydrogen-bond acceptors (Lipinski definition) is 4. The number of sulfonamides is 1. The molecule has 7 nitrogen and oxygen atoms in total. The van der Waals surface area contributed by atoms with Gasteiger partial charge in [0.25, 0.3) is 5.91 Å². The third-order valence-electron chi connectivity index (χ3n) is 6.19. The molecule has 1 saturated heterocycles. The summed E-state index contributed by atoms with van der Waals surface area (Å²) in [6.07, 6.45) is 1.89. The highest BCUT2D eigenvalue weighted by molar-refractivity contribution is 7.89. The molecule has 0 spiro atoms. The van der Waals surface area contributed by atoms with Gasteiger partial charge >= 0.3 is 0 Å². The van der Waals surface area contributed by atoms with Gasteiger partial charge in [0, 0.05) is 30.2 Å². The van der Waals surface area contributed by atoms with Crippen molar-refractivity contribution in [3.05, 3.63) is 100 Å². The maximum Gasteiger partial charge on any atom is 0.251 e. The van der Waals surface area contributed by atoms with E-state index in [9.17, 15) is 22.4 Å². The van der Waals surface area contributed by atoms with Gasteiger partial charge in [-0.3, -0.25) is 9.59 Å². The van der Waals surface area contributed by atoms with Crippen molar-refractivity contribution < 1.29 is 22.4 Å². The molecule has 4 rings (SSSR count). The van der Waals surface area contributed by atoms with Crippen molar-refractivity contribution in [1.82, 2.24) is 14.9 Å². The number of hydrogen-bond donors (Lipinski definition) is 2. The molecule has 0 saturated carbocycles. The van der Waals surface area contributed by atoms with Crippen LogP contribution < -0.4 is 10.6 Å². The molecule has 1 fully saturated rings. The highest BCUT2D eigenvalue weighted by Crippen LogP contribution is 2.26. The van der Waals surface area contributed by atoms with Gasteiger partial charge < -0.3 is 10.6 Å². The minimum absolute atomic E-state index is 0.0411. The number of nitrogens with one attached hydrogen (secondary N) is 2. The number of benzene rings is 3. The molecule has 2 amide bonds. The fraction of sp³-hybridized carbons (Fsp3) is 0.259. The molecule has 3 aromatic carbocycles. The quantitative estimate of drug-likeness (QED) is 0.443. The zero-order valence-electron chi connectivity index (χ0n) is 20.0. The molecule has 1 heterocycles. The predicted octanol–water partition coefficient (Wildman–Crippen LogP) is 4.27. The Labute approximate surface area is 220 Å². The molecule has 37 heavy (non-hydrogen) atoms. The molecule has 1 aliphatic heterocycles. The summed E-state index contributed by atoms with van der Waals surface area (Å²) in [6, 6.07) is 17.4. The highest BCUT2D eigenvalue weighted by Gasteiger charge is 2.36. The van der Waals surface area contributed by atoms with E-state index < -0.39 is 16.1 Å². The van der Waals surface area contributed by atoms with Crippen molar-refractivity contribution >= 4 is 33.4 Å². The summed E-state index contributed by atoms with van der Waals surface area (Å²) >= 11 is 5.95. The molecule has 2 N–H and O–H groups in total. The van der Waals surface area contributed by atoms with Gasteiger partial charge in [0.05, 0.1) is 4.90 Å². The van der Waals surface area contributed by atoms with Crippen LogP contribution in [0.4, 0.5) is 4.39 Å². The van der Waals surface area contributed by atoms with Gasteiger partial charge in [-0.2, -0.15) is 4.31 Å². The Balaban J connectivity index is 1.53. The van der Waals surface area contributed by atoms with Crippen LogP contribution in [0.1, 0.15) is 40.7 Å². The second-order valence-corrected chi connectivity index (χ2v) is 11.1. The van der Waals surface area contributed by atoms with Gasteiger partial charge in [-0.05, 0) is 78.9 Å². The summed E-state index contributed by atoms with van der Waals surface area (Å²) in [4.78, 5) is 25.4. The van der Waals surface area contributed by atoms with Crippen molar-refractivity contribution in [3.8, 4) is 0 Å². The number of rotatable bonds is 8. The number of halogens is 2. The van der Waals surface area contributed by atoms with Crippen molar-refractivity contribution in [1.29, 1.82) is 0 Å². The Hall–Kier alpha value is -3.27. The van der Waals surface area contributed by atoms with Crippen molar-refractivity contribution in [2.24, 2.45) is 0 Å². The van der Waals surface area contributed by atoms with Crippen LogP contribution >= 0.6 is 11.6 Å². The standard InChI is InChI=1S/C27H27ClFN3O4S/c28-22-10-14-24(15-11-22)37(35,36)32(25-3-1-2-16-30-27(25)34)18-20-4-8-21(9-5-20)26(33)31-17-19-6-12-23(29)13-7-19/h4-15,25H,1-3,16-18H2,(H,30,34)(H,31,33)/t25-/m1/s1. The van der Waals surface area contributed by atoms with E-state index in [-0.39, 0.29) is 35.6 Å². The first kappa shape index (κ1) is 26.8. The number of carbonyl (C=O) groups is 2. The largest absolute Gasteiger partial charge is 0.355 e. The summed E-state index contributed by atoms with van der Waals surface area (Å²) in [6.45, 7) is 0.706. The Morgan fingerprint density at radius 1 is 0.973 bits per heavy atom. The van der Waals surface area contributed by atoms with Gasteiger partial charge in [0.15, 0.2) is 0 Å². The molecule has 0 bridgehead atoms. The smallest absolute Gasteiger partial charge is 0.251 e. The molecule has 0 aliphatic carbocycles. The summed E-state index contributed by atoms with van der Waals surface area (Å²) in [5.41, 5.74) is 1.78. The summed E-state index contributed by atoms with van der Waals surface area (Å²) in [5, 5.41) is 5.99. The van der Waals surface area contributed by atoms with E-state index in [1.54, 1.807) is 36.4 Å². The lowest BCUT2D eigenvalue weighted by atomic mass is 10.1. The second-order valence-electron chi connectivity index (χ2n) is 8.81. The Bertz CT molecular complexity index is 1350. The van der Waals surface area contributed by atoms with E-state index in [1.807, 2.05) is 0 Å². The maximum absolute atomic E-state index is 13.6. The number of carbonyl (C=O) groups excluding carboxylic acids is 2. The molecule has 10 heteroatoms. The monoisotopic (exact) mass is 543 g/mol. The average molecular weight is 544 g/mol. The summed E-state index contributed by atoms with van der Waals surface area (Å²) in [7, 11) is -4.03. The third kappa shape index (κ3) is 6.74. The zero-order chi connectivity index (χ0) is 26.4. The van der Waals surface area contributed by atoms with Crippen molar-refractivity contribution in [2.45, 2.75) is 43.3 Å². The van der Waals surface area contributed by atoms with Crippen LogP contribution in [0.25, 0.3) is 0 Å². The SMILES string of the molecule is O=C(NCc1ccc(F)cc1)c1ccc(CN([C@@H]2CCCCNC2=O)S(=O)(=O)c2ccc(Cl)cc2)cc1. The predicted molar refractivity (Wildman–Crippen MR) is 139 cm³/mol. The van der Waals surface area contributed by atoms with Crippen LogP contribution in [0.5, 0.6) is 0 Å². The summed E-state index contributed by atoms with van der Waals surface area (Å²) < 4.78 is 41.6. The van der Waals surface area contributed by atoms with Crippen LogP contribution in [-0.2, 0) is 27.9 Å². The van der Waals surface area contributed by atoms with Gasteiger partial charge in [0.2, 0.25) is 15.9 Å². The minimum Gasteiger partial charge on any atom is -0.355 e. The number of amides is 2. The second kappa shape index (κ2) is 11.9. The van der Waals surface area contributed by atoms with Gasteiger partial charge in [-0.1, -0.05) is 35.9 Å². The first-order valence-electron chi connectivity index (χ1n) is 11.9. The number of nitrogens with zero attached hydrogens (tertiary/aromatic N) is 1. The Morgan fingerprint density at radius 2 is 1.62 bits per heavy atom. The summed E-state index contributed by atoms with van der Waals surface area (Å²) in [5.74, 6) is -0.990. The molecule has 0 unspecified atom stereocenters. The lowest BCUT2D eigenvalue weighted by molar-refractivity contribution is -0.124. The molecule has 0 radical (unpaired) electrons. The first-order valence-corrected chi connectivity index (χ1v) is 13.7. The molecule has 1 aliphatic rings. The van der Waals surface area contributed by atoms with Gasteiger partial charge in [0.1, 0.15) is 11.9 Å². The molecular weight excluding hydrogens is 517 g/mol. The van der Waals surface area contributed by atoms with Crippen molar-refractivity contribution in [3.63, 3.8) is 0 Å². The van der Waals surface area contributed by atoms with E-state index >= 15 is 0 Å². The fourth-order valence-corrected chi connectivity index (χ4v) is 5.86. The van der Waals surface area contributed by atoms with Crippen LogP contribution in [0, 0.1) is 5.82 Å². The maximum atomic E-state index is 13.6. The van der Waals surface area contributed by atoms with E-state index in [0.29, 0.717) is 35.5 Å². The molecular formula is C27H27ClFN3O4S. The lowest BCUT2D eigenvalue weighted by Gasteiger charge is -2.29. The Morgan fingerprint density at radius 3 is 2.30 bits per heavy atom. The van der Waals surface area contributed by atoms with Crippen molar-refractivity contribution in [2.75, 3.05) is 6.54 Å². The van der Waals surface area contributed by atoms with E-state index in [1.165, 1.54) is 40.7 Å². The van der Waals surface area contributed by atoms with E-state index in [2.05, 4.69) is 10.6 Å². The topological polar surface area (TPSA) is 95.6 Å². The highest BCUT2D eigenvalue weighted by atomic mass is 35.5. The molecule has 3 aromatic rings. The van der Waals surface area contributed by atoms with Gasteiger partial charge in [-0.15, -0.1) is 0 Å². The van der Waals surface area contributed by atoms with E-state index in [0.717, 1.165) is 12.0 Å². The zero-order valence-corrected chi connectivity index (χ0v) is 21.6. The van der Waals surface area contributed by atoms with Gasteiger partial charge in [-0.25, -0.2) is 12.8 Å². The minimum atomic E-state index is -4.03. The van der Waals surface area contributed by atoms with Crippen LogP contribution in [-0.4, -0.2) is 37.1 Å². The van der Waals surface area contributed by atoms with Crippen LogP contribution in [0.2, 0.25) is 5.02 Å². The fourth-order valence-electron chi connectivity index (χ4n) is 4.13. The molecule has 1 atom stereocenters. The lowest BCUT2D eigenvalue weighted by Crippen LogP contribution is -2.48.